The largest absolute Gasteiger partial charge is 0.489 e. The highest BCUT2D eigenvalue weighted by Crippen LogP contribution is 2.17. The van der Waals surface area contributed by atoms with Gasteiger partial charge in [-0.25, -0.2) is 4.39 Å². The lowest BCUT2D eigenvalue weighted by atomic mass is 10.2. The number of hydrogen-bond acceptors (Lipinski definition) is 3. The fourth-order valence-corrected chi connectivity index (χ4v) is 2.17. The Balaban J connectivity index is 1.70. The molecule has 0 bridgehead atoms. The first-order valence-electron chi connectivity index (χ1n) is 6.90. The van der Waals surface area contributed by atoms with Crippen LogP contribution in [0.5, 0.6) is 5.75 Å². The molecule has 0 aliphatic carbocycles. The second kappa shape index (κ2) is 6.87. The van der Waals surface area contributed by atoms with Gasteiger partial charge in [0.25, 0.3) is 0 Å². The van der Waals surface area contributed by atoms with Crippen LogP contribution in [0.3, 0.4) is 0 Å². The minimum Gasteiger partial charge on any atom is -0.489 e. The molecular weight excluding hydrogens is 245 g/mol. The molecule has 19 heavy (non-hydrogen) atoms. The molecule has 1 aliphatic heterocycles. The van der Waals surface area contributed by atoms with Crippen molar-refractivity contribution >= 4 is 0 Å². The van der Waals surface area contributed by atoms with Gasteiger partial charge in [-0.1, -0.05) is 6.07 Å². The lowest BCUT2D eigenvalue weighted by molar-refractivity contribution is 0.106. The minimum atomic E-state index is -0.225. The zero-order valence-electron chi connectivity index (χ0n) is 11.6. The number of halogens is 1. The Morgan fingerprint density at radius 3 is 3.05 bits per heavy atom. The summed E-state index contributed by atoms with van der Waals surface area (Å²) >= 11 is 0. The first kappa shape index (κ1) is 14.3. The summed E-state index contributed by atoms with van der Waals surface area (Å²) in [6, 6.07) is 4.97. The van der Waals surface area contributed by atoms with Gasteiger partial charge in [-0.3, -0.25) is 0 Å². The van der Waals surface area contributed by atoms with E-state index in [2.05, 4.69) is 5.32 Å². The summed E-state index contributed by atoms with van der Waals surface area (Å²) < 4.78 is 24.6. The Kier molecular flexibility index (Phi) is 5.16. The van der Waals surface area contributed by atoms with E-state index < -0.39 is 0 Å². The van der Waals surface area contributed by atoms with E-state index in [0.29, 0.717) is 17.4 Å². The SMILES string of the molecule is Cc1ccc(OC(C)CNCC2CCCO2)cc1F. The molecule has 0 amide bonds. The molecule has 2 atom stereocenters. The highest BCUT2D eigenvalue weighted by Gasteiger charge is 2.15. The Morgan fingerprint density at radius 1 is 1.53 bits per heavy atom. The number of ether oxygens (including phenoxy) is 2. The van der Waals surface area contributed by atoms with Gasteiger partial charge in [0.15, 0.2) is 0 Å². The monoisotopic (exact) mass is 267 g/mol. The summed E-state index contributed by atoms with van der Waals surface area (Å²) in [6.07, 6.45) is 2.62. The number of nitrogens with one attached hydrogen (secondary N) is 1. The normalized spacial score (nSPS) is 20.5. The quantitative estimate of drug-likeness (QED) is 0.859. The molecule has 1 aromatic rings. The van der Waals surface area contributed by atoms with Crippen LogP contribution in [0.2, 0.25) is 0 Å². The Hall–Kier alpha value is -1.13. The summed E-state index contributed by atoms with van der Waals surface area (Å²) in [6.45, 7) is 6.18. The molecule has 1 heterocycles. The van der Waals surface area contributed by atoms with Crippen molar-refractivity contribution in [2.45, 2.75) is 38.9 Å². The Bertz CT molecular complexity index is 405. The van der Waals surface area contributed by atoms with Gasteiger partial charge < -0.3 is 14.8 Å². The molecule has 1 aliphatic rings. The van der Waals surface area contributed by atoms with Gasteiger partial charge in [0.2, 0.25) is 0 Å². The van der Waals surface area contributed by atoms with E-state index in [1.807, 2.05) is 6.92 Å². The zero-order valence-corrected chi connectivity index (χ0v) is 11.6. The van der Waals surface area contributed by atoms with E-state index in [1.165, 1.54) is 6.07 Å². The lowest BCUT2D eigenvalue weighted by Gasteiger charge is -2.17. The van der Waals surface area contributed by atoms with Crippen LogP contribution in [0.25, 0.3) is 0 Å². The molecule has 1 aromatic carbocycles. The van der Waals surface area contributed by atoms with Crippen LogP contribution >= 0.6 is 0 Å². The van der Waals surface area contributed by atoms with Crippen molar-refractivity contribution in [3.8, 4) is 5.75 Å². The van der Waals surface area contributed by atoms with Crippen molar-refractivity contribution < 1.29 is 13.9 Å². The van der Waals surface area contributed by atoms with Crippen molar-refractivity contribution in [1.29, 1.82) is 0 Å². The first-order valence-corrected chi connectivity index (χ1v) is 6.90. The molecule has 0 spiro atoms. The van der Waals surface area contributed by atoms with Crippen LogP contribution in [0, 0.1) is 12.7 Å². The van der Waals surface area contributed by atoms with Crippen molar-refractivity contribution in [3.63, 3.8) is 0 Å². The van der Waals surface area contributed by atoms with Gasteiger partial charge >= 0.3 is 0 Å². The van der Waals surface area contributed by atoms with Crippen molar-refractivity contribution in [2.24, 2.45) is 0 Å². The molecule has 3 nitrogen and oxygen atoms in total. The minimum absolute atomic E-state index is 0.00325. The fourth-order valence-electron chi connectivity index (χ4n) is 2.17. The lowest BCUT2D eigenvalue weighted by Crippen LogP contribution is -2.34. The molecule has 1 saturated heterocycles. The summed E-state index contributed by atoms with van der Waals surface area (Å²) in [7, 11) is 0. The molecule has 106 valence electrons. The average Bonchev–Trinajstić information content (AvgIpc) is 2.87. The molecule has 4 heteroatoms. The predicted octanol–water partition coefficient (Wildman–Crippen LogP) is 2.67. The molecule has 0 radical (unpaired) electrons. The third-order valence-corrected chi connectivity index (χ3v) is 3.31. The number of hydrogen-bond donors (Lipinski definition) is 1. The Morgan fingerprint density at radius 2 is 2.37 bits per heavy atom. The third-order valence-electron chi connectivity index (χ3n) is 3.31. The topological polar surface area (TPSA) is 30.5 Å². The molecule has 2 rings (SSSR count). The fraction of sp³-hybridized carbons (Fsp3) is 0.600. The van der Waals surface area contributed by atoms with E-state index in [0.717, 1.165) is 32.5 Å². The molecule has 0 aromatic heterocycles. The van der Waals surface area contributed by atoms with Crippen molar-refractivity contribution in [1.82, 2.24) is 5.32 Å². The second-order valence-electron chi connectivity index (χ2n) is 5.13. The standard InChI is InChI=1S/C15H22FNO2/c1-11-5-6-13(8-15(11)16)19-12(2)9-17-10-14-4-3-7-18-14/h5-6,8,12,14,17H,3-4,7,9-10H2,1-2H3. The summed E-state index contributed by atoms with van der Waals surface area (Å²) in [5.74, 6) is 0.353. The third kappa shape index (κ3) is 4.48. The predicted molar refractivity (Wildman–Crippen MR) is 73.1 cm³/mol. The van der Waals surface area contributed by atoms with Crippen molar-refractivity contribution in [2.75, 3.05) is 19.7 Å². The van der Waals surface area contributed by atoms with E-state index in [9.17, 15) is 4.39 Å². The van der Waals surface area contributed by atoms with Gasteiger partial charge in [0, 0.05) is 25.8 Å². The zero-order chi connectivity index (χ0) is 13.7. The van der Waals surface area contributed by atoms with Crippen LogP contribution in [0.4, 0.5) is 4.39 Å². The Labute approximate surface area is 114 Å². The van der Waals surface area contributed by atoms with Crippen LogP contribution in [-0.4, -0.2) is 31.9 Å². The van der Waals surface area contributed by atoms with Crippen LogP contribution in [-0.2, 0) is 4.74 Å². The first-order chi connectivity index (χ1) is 9.15. The van der Waals surface area contributed by atoms with E-state index >= 15 is 0 Å². The van der Waals surface area contributed by atoms with Crippen LogP contribution < -0.4 is 10.1 Å². The molecule has 2 unspecified atom stereocenters. The maximum atomic E-state index is 13.4. The number of benzene rings is 1. The van der Waals surface area contributed by atoms with Gasteiger partial charge in [0.1, 0.15) is 17.7 Å². The maximum Gasteiger partial charge on any atom is 0.129 e. The van der Waals surface area contributed by atoms with Gasteiger partial charge in [-0.15, -0.1) is 0 Å². The molecule has 1 N–H and O–H groups in total. The number of rotatable bonds is 6. The summed E-state index contributed by atoms with van der Waals surface area (Å²) in [4.78, 5) is 0. The van der Waals surface area contributed by atoms with Gasteiger partial charge in [-0.05, 0) is 38.3 Å². The summed E-state index contributed by atoms with van der Waals surface area (Å²) in [5, 5.41) is 3.33. The average molecular weight is 267 g/mol. The maximum absolute atomic E-state index is 13.4. The van der Waals surface area contributed by atoms with E-state index in [1.54, 1.807) is 19.1 Å². The summed E-state index contributed by atoms with van der Waals surface area (Å²) in [5.41, 5.74) is 0.636. The molecular formula is C15H22FNO2. The van der Waals surface area contributed by atoms with Gasteiger partial charge in [0.05, 0.1) is 6.10 Å². The molecule has 0 saturated carbocycles. The van der Waals surface area contributed by atoms with E-state index in [-0.39, 0.29) is 11.9 Å². The highest BCUT2D eigenvalue weighted by molar-refractivity contribution is 5.28. The highest BCUT2D eigenvalue weighted by atomic mass is 19.1. The van der Waals surface area contributed by atoms with Crippen molar-refractivity contribution in [3.05, 3.63) is 29.6 Å². The molecule has 1 fully saturated rings. The van der Waals surface area contributed by atoms with Gasteiger partial charge in [-0.2, -0.15) is 0 Å². The van der Waals surface area contributed by atoms with E-state index in [4.69, 9.17) is 9.47 Å². The smallest absolute Gasteiger partial charge is 0.129 e. The second-order valence-corrected chi connectivity index (χ2v) is 5.13. The van der Waals surface area contributed by atoms with Crippen LogP contribution in [0.15, 0.2) is 18.2 Å². The van der Waals surface area contributed by atoms with Crippen LogP contribution in [0.1, 0.15) is 25.3 Å². The number of aryl methyl sites for hydroxylation is 1.